The molecule has 2 aromatic rings. The number of nitrogens with zero attached hydrogens (tertiary/aromatic N) is 2. The number of thiocarbonyl (C=S) groups is 1. The molecule has 158 valence electrons. The average Bonchev–Trinajstić information content (AvgIpc) is 2.91. The number of carbonyl (C=O) groups is 1. The molecule has 0 bridgehead atoms. The highest BCUT2D eigenvalue weighted by Gasteiger charge is 2.34. The van der Waals surface area contributed by atoms with Crippen molar-refractivity contribution in [2.24, 2.45) is 0 Å². The average molecular weight is 465 g/mol. The summed E-state index contributed by atoms with van der Waals surface area (Å²) in [6, 6.07) is 10.8. The van der Waals surface area contributed by atoms with E-state index < -0.39 is 0 Å². The number of carbonyl (C=O) groups excluding carboxylic acids is 1. The zero-order valence-corrected chi connectivity index (χ0v) is 19.3. The van der Waals surface area contributed by atoms with Crippen molar-refractivity contribution in [1.29, 1.82) is 0 Å². The van der Waals surface area contributed by atoms with Crippen molar-refractivity contribution >= 4 is 52.5 Å². The number of ether oxygens (including phenoxy) is 2. The third-order valence-electron chi connectivity index (χ3n) is 4.63. The van der Waals surface area contributed by atoms with Crippen LogP contribution in [0, 0.1) is 0 Å². The van der Waals surface area contributed by atoms with Crippen LogP contribution in [0.1, 0.15) is 25.0 Å². The van der Waals surface area contributed by atoms with E-state index in [2.05, 4.69) is 0 Å². The van der Waals surface area contributed by atoms with E-state index in [1.165, 1.54) is 0 Å². The van der Waals surface area contributed by atoms with E-state index in [0.717, 1.165) is 11.1 Å². The van der Waals surface area contributed by atoms with E-state index in [1.54, 1.807) is 35.1 Å². The molecule has 8 heteroatoms. The standard InChI is InChI=1S/C22H22Cl2N2O3S/c1-4-26-21(27)18(25(3)22(26)30)10-14-6-9-19(20(11-14)28-5-2)29-13-15-7-8-16(23)12-17(15)24/h6-12H,4-5,13H2,1-3H3/b18-10-. The highest BCUT2D eigenvalue weighted by molar-refractivity contribution is 7.80. The van der Waals surface area contributed by atoms with E-state index in [4.69, 9.17) is 44.9 Å². The van der Waals surface area contributed by atoms with Crippen LogP contribution >= 0.6 is 35.4 Å². The molecule has 2 aromatic carbocycles. The Bertz CT molecular complexity index is 1010. The molecule has 0 aliphatic carbocycles. The van der Waals surface area contributed by atoms with Gasteiger partial charge in [-0.15, -0.1) is 0 Å². The van der Waals surface area contributed by atoms with Crippen LogP contribution in [0.5, 0.6) is 11.5 Å². The minimum absolute atomic E-state index is 0.110. The lowest BCUT2D eigenvalue weighted by Crippen LogP contribution is -2.30. The topological polar surface area (TPSA) is 42.0 Å². The van der Waals surface area contributed by atoms with Gasteiger partial charge in [-0.3, -0.25) is 9.69 Å². The molecule has 0 N–H and O–H groups in total. The van der Waals surface area contributed by atoms with Gasteiger partial charge in [0.25, 0.3) is 5.91 Å². The smallest absolute Gasteiger partial charge is 0.276 e. The van der Waals surface area contributed by atoms with Crippen LogP contribution in [-0.4, -0.2) is 41.0 Å². The Hall–Kier alpha value is -2.28. The first-order valence-corrected chi connectivity index (χ1v) is 10.7. The zero-order valence-electron chi connectivity index (χ0n) is 16.9. The third kappa shape index (κ3) is 4.72. The molecule has 1 aliphatic heterocycles. The van der Waals surface area contributed by atoms with Crippen molar-refractivity contribution in [2.45, 2.75) is 20.5 Å². The largest absolute Gasteiger partial charge is 0.490 e. The van der Waals surface area contributed by atoms with Gasteiger partial charge in [-0.25, -0.2) is 0 Å². The Labute approximate surface area is 191 Å². The molecule has 0 radical (unpaired) electrons. The lowest BCUT2D eigenvalue weighted by atomic mass is 10.1. The first kappa shape index (κ1) is 22.4. The van der Waals surface area contributed by atoms with Gasteiger partial charge in [-0.2, -0.15) is 0 Å². The molecule has 30 heavy (non-hydrogen) atoms. The van der Waals surface area contributed by atoms with Gasteiger partial charge >= 0.3 is 0 Å². The number of rotatable bonds is 7. The SMILES string of the molecule is CCOc1cc(/C=C2/C(=O)N(CC)C(=S)N2C)ccc1OCc1ccc(Cl)cc1Cl. The Morgan fingerprint density at radius 1 is 1.07 bits per heavy atom. The summed E-state index contributed by atoms with van der Waals surface area (Å²) in [6.07, 6.45) is 1.80. The molecule has 1 fully saturated rings. The molecule has 3 rings (SSSR count). The fourth-order valence-electron chi connectivity index (χ4n) is 3.04. The van der Waals surface area contributed by atoms with Gasteiger partial charge < -0.3 is 14.4 Å². The van der Waals surface area contributed by atoms with Crippen LogP contribution in [0.4, 0.5) is 0 Å². The molecular formula is C22H22Cl2N2O3S. The predicted octanol–water partition coefficient (Wildman–Crippen LogP) is 5.39. The van der Waals surface area contributed by atoms with Crippen molar-refractivity contribution in [1.82, 2.24) is 9.80 Å². The summed E-state index contributed by atoms with van der Waals surface area (Å²) in [5, 5.41) is 1.61. The lowest BCUT2D eigenvalue weighted by Gasteiger charge is -2.14. The van der Waals surface area contributed by atoms with Crippen LogP contribution in [-0.2, 0) is 11.4 Å². The highest BCUT2D eigenvalue weighted by Crippen LogP contribution is 2.32. The molecule has 5 nitrogen and oxygen atoms in total. The lowest BCUT2D eigenvalue weighted by molar-refractivity contribution is -0.122. The molecule has 0 aromatic heterocycles. The van der Waals surface area contributed by atoms with Crippen LogP contribution < -0.4 is 9.47 Å². The van der Waals surface area contributed by atoms with Crippen LogP contribution in [0.15, 0.2) is 42.1 Å². The highest BCUT2D eigenvalue weighted by atomic mass is 35.5. The fourth-order valence-corrected chi connectivity index (χ4v) is 3.82. The fraction of sp³-hybridized carbons (Fsp3) is 0.273. The second-order valence-corrected chi connectivity index (χ2v) is 7.79. The van der Waals surface area contributed by atoms with Crippen molar-refractivity contribution < 1.29 is 14.3 Å². The van der Waals surface area contributed by atoms with Crippen molar-refractivity contribution in [2.75, 3.05) is 20.2 Å². The number of hydrogen-bond donors (Lipinski definition) is 0. The van der Waals surface area contributed by atoms with Crippen LogP contribution in [0.25, 0.3) is 6.08 Å². The van der Waals surface area contributed by atoms with Gasteiger partial charge in [0.2, 0.25) is 0 Å². The summed E-state index contributed by atoms with van der Waals surface area (Å²) in [6.45, 7) is 5.08. The van der Waals surface area contributed by atoms with Gasteiger partial charge in [0.05, 0.1) is 6.61 Å². The summed E-state index contributed by atoms with van der Waals surface area (Å²) in [7, 11) is 1.79. The summed E-state index contributed by atoms with van der Waals surface area (Å²) in [4.78, 5) is 15.9. The minimum Gasteiger partial charge on any atom is -0.490 e. The van der Waals surface area contributed by atoms with Gasteiger partial charge in [-0.05, 0) is 62.0 Å². The first-order chi connectivity index (χ1) is 14.3. The number of likely N-dealkylation sites (N-methyl/N-ethyl adjacent to an activating group) is 2. The summed E-state index contributed by atoms with van der Waals surface area (Å²) < 4.78 is 11.7. The van der Waals surface area contributed by atoms with Gasteiger partial charge in [0, 0.05) is 29.2 Å². The maximum atomic E-state index is 12.6. The second-order valence-electron chi connectivity index (χ2n) is 6.58. The molecule has 0 spiro atoms. The Morgan fingerprint density at radius 2 is 1.83 bits per heavy atom. The quantitative estimate of drug-likeness (QED) is 0.405. The predicted molar refractivity (Wildman–Crippen MR) is 124 cm³/mol. The molecule has 1 heterocycles. The zero-order chi connectivity index (χ0) is 21.8. The van der Waals surface area contributed by atoms with Crippen molar-refractivity contribution in [3.05, 3.63) is 63.3 Å². The maximum Gasteiger partial charge on any atom is 0.276 e. The monoisotopic (exact) mass is 464 g/mol. The second kappa shape index (κ2) is 9.69. The molecule has 0 saturated carbocycles. The van der Waals surface area contributed by atoms with Gasteiger partial charge in [0.15, 0.2) is 16.6 Å². The van der Waals surface area contributed by atoms with E-state index in [9.17, 15) is 4.79 Å². The molecule has 1 aliphatic rings. The summed E-state index contributed by atoms with van der Waals surface area (Å²) >= 11 is 17.5. The molecular weight excluding hydrogens is 443 g/mol. The molecule has 0 atom stereocenters. The van der Waals surface area contributed by atoms with E-state index in [1.807, 2.05) is 38.1 Å². The number of halogens is 2. The van der Waals surface area contributed by atoms with Crippen molar-refractivity contribution in [3.8, 4) is 11.5 Å². The van der Waals surface area contributed by atoms with Gasteiger partial charge in [0.1, 0.15) is 12.3 Å². The normalized spacial score (nSPS) is 15.3. The third-order valence-corrected chi connectivity index (χ3v) is 5.71. The van der Waals surface area contributed by atoms with Crippen molar-refractivity contribution in [3.63, 3.8) is 0 Å². The minimum atomic E-state index is -0.110. The molecule has 1 saturated heterocycles. The number of benzene rings is 2. The molecule has 1 amide bonds. The van der Waals surface area contributed by atoms with E-state index in [0.29, 0.717) is 45.5 Å². The Morgan fingerprint density at radius 3 is 2.47 bits per heavy atom. The Balaban J connectivity index is 1.84. The number of amides is 1. The van der Waals surface area contributed by atoms with Crippen LogP contribution in [0.2, 0.25) is 10.0 Å². The maximum absolute atomic E-state index is 12.6. The summed E-state index contributed by atoms with van der Waals surface area (Å²) in [5.74, 6) is 1.06. The Kier molecular flexibility index (Phi) is 7.23. The molecule has 0 unspecified atom stereocenters. The summed E-state index contributed by atoms with van der Waals surface area (Å²) in [5.41, 5.74) is 2.15. The van der Waals surface area contributed by atoms with Gasteiger partial charge in [-0.1, -0.05) is 35.3 Å². The van der Waals surface area contributed by atoms with E-state index in [-0.39, 0.29) is 12.5 Å². The first-order valence-electron chi connectivity index (χ1n) is 9.50. The van der Waals surface area contributed by atoms with E-state index >= 15 is 0 Å². The van der Waals surface area contributed by atoms with Crippen LogP contribution in [0.3, 0.4) is 0 Å². The number of hydrogen-bond acceptors (Lipinski definition) is 4.